The number of aryl methyl sites for hydroxylation is 1. The zero-order valence-corrected chi connectivity index (χ0v) is 13.7. The molecule has 0 atom stereocenters. The van der Waals surface area contributed by atoms with E-state index in [-0.39, 0.29) is 5.91 Å². The lowest BCUT2D eigenvalue weighted by molar-refractivity contribution is -0.118. The maximum atomic E-state index is 11.8. The number of nitrogens with one attached hydrogen (secondary N) is 1. The molecule has 1 aromatic carbocycles. The summed E-state index contributed by atoms with van der Waals surface area (Å²) in [6, 6.07) is 8.19. The van der Waals surface area contributed by atoms with Crippen LogP contribution in [-0.2, 0) is 11.8 Å². The molecule has 0 unspecified atom stereocenters. The smallest absolute Gasteiger partial charge is 0.230 e. The molecular formula is C16H20N4OS. The largest absolute Gasteiger partial charge is 0.355 e. The van der Waals surface area contributed by atoms with E-state index >= 15 is 0 Å². The Morgan fingerprint density at radius 2 is 2.05 bits per heavy atom. The van der Waals surface area contributed by atoms with Gasteiger partial charge in [0.15, 0.2) is 11.0 Å². The third-order valence-electron chi connectivity index (χ3n) is 3.76. The lowest BCUT2D eigenvalue weighted by Crippen LogP contribution is -2.27. The number of hydrogen-bond donors (Lipinski definition) is 1. The minimum atomic E-state index is 0.0665. The molecular weight excluding hydrogens is 296 g/mol. The Bertz CT molecular complexity index is 661. The van der Waals surface area contributed by atoms with E-state index in [1.54, 1.807) is 0 Å². The van der Waals surface area contributed by atoms with Gasteiger partial charge >= 0.3 is 0 Å². The highest BCUT2D eigenvalue weighted by atomic mass is 32.2. The molecule has 1 aliphatic carbocycles. The van der Waals surface area contributed by atoms with Crippen LogP contribution in [0.1, 0.15) is 18.4 Å². The number of hydrogen-bond acceptors (Lipinski definition) is 4. The monoisotopic (exact) mass is 316 g/mol. The van der Waals surface area contributed by atoms with Crippen molar-refractivity contribution in [2.75, 3.05) is 12.3 Å². The zero-order chi connectivity index (χ0) is 15.5. The van der Waals surface area contributed by atoms with Crippen molar-refractivity contribution in [1.29, 1.82) is 0 Å². The number of carbonyl (C=O) groups is 1. The second-order valence-corrected chi connectivity index (χ2v) is 6.71. The number of carbonyl (C=O) groups excluding carboxylic acids is 1. The molecule has 2 aromatic rings. The van der Waals surface area contributed by atoms with Gasteiger partial charge in [-0.05, 0) is 25.7 Å². The van der Waals surface area contributed by atoms with Crippen molar-refractivity contribution in [3.05, 3.63) is 29.8 Å². The highest BCUT2D eigenvalue weighted by molar-refractivity contribution is 7.99. The Kier molecular flexibility index (Phi) is 4.47. The highest BCUT2D eigenvalue weighted by Gasteiger charge is 2.21. The van der Waals surface area contributed by atoms with E-state index in [1.807, 2.05) is 23.7 Å². The number of benzene rings is 1. The summed E-state index contributed by atoms with van der Waals surface area (Å²) in [5.41, 5.74) is 2.25. The SMILES string of the molecule is Cc1ccc(-c2nnc(SCC(=O)NCC3CC3)n2C)cc1. The number of thioether (sulfide) groups is 1. The zero-order valence-electron chi connectivity index (χ0n) is 12.9. The topological polar surface area (TPSA) is 59.8 Å². The van der Waals surface area contributed by atoms with Gasteiger partial charge in [0.25, 0.3) is 0 Å². The van der Waals surface area contributed by atoms with Gasteiger partial charge in [-0.15, -0.1) is 10.2 Å². The van der Waals surface area contributed by atoms with Crippen LogP contribution in [0.25, 0.3) is 11.4 Å². The molecule has 1 fully saturated rings. The molecule has 1 N–H and O–H groups in total. The predicted octanol–water partition coefficient (Wildman–Crippen LogP) is 2.41. The van der Waals surface area contributed by atoms with E-state index in [0.29, 0.717) is 11.7 Å². The molecule has 0 aliphatic heterocycles. The van der Waals surface area contributed by atoms with Gasteiger partial charge < -0.3 is 9.88 Å². The fourth-order valence-electron chi connectivity index (χ4n) is 2.16. The van der Waals surface area contributed by atoms with Gasteiger partial charge in [0.1, 0.15) is 0 Å². The molecule has 1 heterocycles. The van der Waals surface area contributed by atoms with E-state index in [1.165, 1.54) is 30.2 Å². The Hall–Kier alpha value is -1.82. The first-order valence-electron chi connectivity index (χ1n) is 7.49. The van der Waals surface area contributed by atoms with Gasteiger partial charge in [-0.25, -0.2) is 0 Å². The van der Waals surface area contributed by atoms with Crippen molar-refractivity contribution in [2.24, 2.45) is 13.0 Å². The van der Waals surface area contributed by atoms with Crippen molar-refractivity contribution in [1.82, 2.24) is 20.1 Å². The Morgan fingerprint density at radius 3 is 2.73 bits per heavy atom. The summed E-state index contributed by atoms with van der Waals surface area (Å²) in [6.45, 7) is 2.87. The van der Waals surface area contributed by atoms with Crippen LogP contribution < -0.4 is 5.32 Å². The maximum Gasteiger partial charge on any atom is 0.230 e. The highest BCUT2D eigenvalue weighted by Crippen LogP contribution is 2.27. The Labute approximate surface area is 134 Å². The summed E-state index contributed by atoms with van der Waals surface area (Å²) in [6.07, 6.45) is 2.49. The molecule has 1 aliphatic rings. The van der Waals surface area contributed by atoms with Crippen LogP contribution in [0.5, 0.6) is 0 Å². The first-order chi connectivity index (χ1) is 10.6. The molecule has 0 spiro atoms. The molecule has 3 rings (SSSR count). The molecule has 0 bridgehead atoms. The summed E-state index contributed by atoms with van der Waals surface area (Å²) >= 11 is 1.42. The molecule has 1 aromatic heterocycles. The van der Waals surface area contributed by atoms with Crippen LogP contribution in [0.15, 0.2) is 29.4 Å². The van der Waals surface area contributed by atoms with Crippen LogP contribution in [-0.4, -0.2) is 33.0 Å². The van der Waals surface area contributed by atoms with Gasteiger partial charge in [0, 0.05) is 19.2 Å². The first-order valence-corrected chi connectivity index (χ1v) is 8.48. The van der Waals surface area contributed by atoms with E-state index in [0.717, 1.165) is 23.1 Å². The number of amides is 1. The molecule has 1 saturated carbocycles. The number of aromatic nitrogens is 3. The van der Waals surface area contributed by atoms with E-state index < -0.39 is 0 Å². The number of nitrogens with zero attached hydrogens (tertiary/aromatic N) is 3. The molecule has 5 nitrogen and oxygen atoms in total. The standard InChI is InChI=1S/C16H20N4OS/c1-11-3-7-13(8-4-11)15-18-19-16(20(15)2)22-10-14(21)17-9-12-5-6-12/h3-4,7-8,12H,5-6,9-10H2,1-2H3,(H,17,21). The molecule has 22 heavy (non-hydrogen) atoms. The van der Waals surface area contributed by atoms with Gasteiger partial charge in [0.05, 0.1) is 5.75 Å². The third-order valence-corrected chi connectivity index (χ3v) is 4.78. The quantitative estimate of drug-likeness (QED) is 0.832. The fourth-order valence-corrected chi connectivity index (χ4v) is 2.90. The summed E-state index contributed by atoms with van der Waals surface area (Å²) in [5, 5.41) is 12.2. The maximum absolute atomic E-state index is 11.8. The van der Waals surface area contributed by atoms with Crippen molar-refractivity contribution in [3.63, 3.8) is 0 Å². The van der Waals surface area contributed by atoms with Crippen molar-refractivity contribution in [2.45, 2.75) is 24.9 Å². The van der Waals surface area contributed by atoms with Crippen molar-refractivity contribution in [3.8, 4) is 11.4 Å². The van der Waals surface area contributed by atoms with Gasteiger partial charge in [-0.3, -0.25) is 4.79 Å². The van der Waals surface area contributed by atoms with Crippen LogP contribution in [0, 0.1) is 12.8 Å². The molecule has 0 radical (unpaired) electrons. The average Bonchev–Trinajstić information content (AvgIpc) is 3.27. The van der Waals surface area contributed by atoms with Crippen LogP contribution in [0.4, 0.5) is 0 Å². The van der Waals surface area contributed by atoms with Gasteiger partial charge in [-0.1, -0.05) is 41.6 Å². The second-order valence-electron chi connectivity index (χ2n) is 5.77. The Balaban J connectivity index is 1.60. The summed E-state index contributed by atoms with van der Waals surface area (Å²) < 4.78 is 1.93. The number of rotatable bonds is 6. The second kappa shape index (κ2) is 6.52. The van der Waals surface area contributed by atoms with E-state index in [4.69, 9.17) is 0 Å². The van der Waals surface area contributed by atoms with E-state index in [9.17, 15) is 4.79 Å². The minimum absolute atomic E-state index is 0.0665. The van der Waals surface area contributed by atoms with Crippen LogP contribution in [0.2, 0.25) is 0 Å². The lowest BCUT2D eigenvalue weighted by atomic mass is 10.1. The van der Waals surface area contributed by atoms with Crippen molar-refractivity contribution < 1.29 is 4.79 Å². The molecule has 0 saturated heterocycles. The van der Waals surface area contributed by atoms with Crippen LogP contribution >= 0.6 is 11.8 Å². The average molecular weight is 316 g/mol. The lowest BCUT2D eigenvalue weighted by Gasteiger charge is -2.05. The first kappa shape index (κ1) is 15.1. The van der Waals surface area contributed by atoms with Crippen molar-refractivity contribution >= 4 is 17.7 Å². The summed E-state index contributed by atoms with van der Waals surface area (Å²) in [7, 11) is 1.93. The normalized spacial score (nSPS) is 14.1. The molecule has 116 valence electrons. The van der Waals surface area contributed by atoms with Gasteiger partial charge in [-0.2, -0.15) is 0 Å². The van der Waals surface area contributed by atoms with Crippen LogP contribution in [0.3, 0.4) is 0 Å². The summed E-state index contributed by atoms with van der Waals surface area (Å²) in [4.78, 5) is 11.8. The molecule has 1 amide bonds. The minimum Gasteiger partial charge on any atom is -0.355 e. The predicted molar refractivity (Wildman–Crippen MR) is 87.6 cm³/mol. The third kappa shape index (κ3) is 3.68. The van der Waals surface area contributed by atoms with E-state index in [2.05, 4.69) is 34.6 Å². The summed E-state index contributed by atoms with van der Waals surface area (Å²) in [5.74, 6) is 1.97. The van der Waals surface area contributed by atoms with Gasteiger partial charge in [0.2, 0.25) is 5.91 Å². The fraction of sp³-hybridized carbons (Fsp3) is 0.438. The molecule has 6 heteroatoms. The Morgan fingerprint density at radius 1 is 1.32 bits per heavy atom.